The van der Waals surface area contributed by atoms with E-state index in [0.29, 0.717) is 17.9 Å². The summed E-state index contributed by atoms with van der Waals surface area (Å²) in [7, 11) is 0. The Morgan fingerprint density at radius 3 is 2.69 bits per heavy atom. The maximum atomic E-state index is 12.2. The molecule has 0 saturated carbocycles. The van der Waals surface area contributed by atoms with Gasteiger partial charge in [-0.05, 0) is 49.2 Å². The van der Waals surface area contributed by atoms with Crippen LogP contribution in [0.3, 0.4) is 0 Å². The third-order valence-electron chi connectivity index (χ3n) is 4.26. The van der Waals surface area contributed by atoms with Crippen LogP contribution in [0.2, 0.25) is 0 Å². The first-order chi connectivity index (χ1) is 14.0. The van der Waals surface area contributed by atoms with Gasteiger partial charge in [0.2, 0.25) is 11.8 Å². The SMILES string of the molecule is CCC(C)NC(=O)c1cccc(CNC(=O)CCNC(=O)/C=C/c2ccco2)c1. The molecule has 1 aromatic carbocycles. The molecule has 29 heavy (non-hydrogen) atoms. The normalized spacial score (nSPS) is 11.8. The number of nitrogens with one attached hydrogen (secondary N) is 3. The van der Waals surface area contributed by atoms with Crippen LogP contribution in [0, 0.1) is 0 Å². The van der Waals surface area contributed by atoms with Crippen LogP contribution in [-0.2, 0) is 16.1 Å². The molecule has 1 aromatic heterocycles. The molecule has 1 atom stereocenters. The van der Waals surface area contributed by atoms with Gasteiger partial charge in [-0.25, -0.2) is 0 Å². The Morgan fingerprint density at radius 2 is 1.97 bits per heavy atom. The molecule has 3 amide bonds. The minimum atomic E-state index is -0.297. The van der Waals surface area contributed by atoms with Crippen LogP contribution in [0.1, 0.15) is 48.4 Å². The second-order valence-electron chi connectivity index (χ2n) is 6.65. The van der Waals surface area contributed by atoms with E-state index in [0.717, 1.165) is 12.0 Å². The molecule has 0 fully saturated rings. The van der Waals surface area contributed by atoms with Gasteiger partial charge in [0.15, 0.2) is 0 Å². The lowest BCUT2D eigenvalue weighted by Gasteiger charge is -2.12. The van der Waals surface area contributed by atoms with E-state index < -0.39 is 0 Å². The molecule has 0 bridgehead atoms. The summed E-state index contributed by atoms with van der Waals surface area (Å²) in [6, 6.07) is 10.7. The van der Waals surface area contributed by atoms with Crippen LogP contribution in [0.5, 0.6) is 0 Å². The first-order valence-electron chi connectivity index (χ1n) is 9.64. The highest BCUT2D eigenvalue weighted by atomic mass is 16.3. The van der Waals surface area contributed by atoms with Crippen molar-refractivity contribution in [1.29, 1.82) is 0 Å². The lowest BCUT2D eigenvalue weighted by molar-refractivity contribution is -0.121. The van der Waals surface area contributed by atoms with E-state index in [1.807, 2.05) is 19.9 Å². The Hall–Kier alpha value is -3.35. The molecular formula is C22H27N3O4. The molecule has 3 N–H and O–H groups in total. The maximum Gasteiger partial charge on any atom is 0.251 e. The fourth-order valence-electron chi connectivity index (χ4n) is 2.42. The monoisotopic (exact) mass is 397 g/mol. The highest BCUT2D eigenvalue weighted by Gasteiger charge is 2.09. The number of furan rings is 1. The molecule has 0 aliphatic heterocycles. The van der Waals surface area contributed by atoms with E-state index in [9.17, 15) is 14.4 Å². The van der Waals surface area contributed by atoms with Crippen LogP contribution in [0.25, 0.3) is 6.08 Å². The zero-order valence-electron chi connectivity index (χ0n) is 16.7. The van der Waals surface area contributed by atoms with Crippen molar-refractivity contribution >= 4 is 23.8 Å². The van der Waals surface area contributed by atoms with Gasteiger partial charge < -0.3 is 20.4 Å². The van der Waals surface area contributed by atoms with Gasteiger partial charge >= 0.3 is 0 Å². The molecule has 0 aliphatic rings. The molecule has 7 nitrogen and oxygen atoms in total. The van der Waals surface area contributed by atoms with Crippen molar-refractivity contribution in [3.8, 4) is 0 Å². The molecule has 2 aromatic rings. The summed E-state index contributed by atoms with van der Waals surface area (Å²) >= 11 is 0. The summed E-state index contributed by atoms with van der Waals surface area (Å²) in [5.41, 5.74) is 1.40. The molecule has 154 valence electrons. The van der Waals surface area contributed by atoms with E-state index in [1.54, 1.807) is 36.4 Å². The van der Waals surface area contributed by atoms with Gasteiger partial charge in [-0.1, -0.05) is 19.1 Å². The van der Waals surface area contributed by atoms with Crippen molar-refractivity contribution < 1.29 is 18.8 Å². The molecule has 0 aliphatic carbocycles. The van der Waals surface area contributed by atoms with Crippen molar-refractivity contribution in [2.24, 2.45) is 0 Å². The Bertz CT molecular complexity index is 844. The van der Waals surface area contributed by atoms with E-state index in [4.69, 9.17) is 4.42 Å². The highest BCUT2D eigenvalue weighted by Crippen LogP contribution is 2.06. The predicted octanol–water partition coefficient (Wildman–Crippen LogP) is 2.64. The average Bonchev–Trinajstić information content (AvgIpc) is 3.24. The zero-order valence-corrected chi connectivity index (χ0v) is 16.7. The van der Waals surface area contributed by atoms with Gasteiger partial charge in [-0.2, -0.15) is 0 Å². The van der Waals surface area contributed by atoms with Gasteiger partial charge in [0, 0.05) is 37.2 Å². The Labute approximate surface area is 170 Å². The predicted molar refractivity (Wildman–Crippen MR) is 111 cm³/mol. The van der Waals surface area contributed by atoms with Crippen molar-refractivity contribution in [2.75, 3.05) is 6.54 Å². The summed E-state index contributed by atoms with van der Waals surface area (Å²) in [6.07, 6.45) is 5.45. The van der Waals surface area contributed by atoms with Crippen molar-refractivity contribution in [3.63, 3.8) is 0 Å². The van der Waals surface area contributed by atoms with Gasteiger partial charge in [0.05, 0.1) is 6.26 Å². The smallest absolute Gasteiger partial charge is 0.251 e. The van der Waals surface area contributed by atoms with Gasteiger partial charge in [-0.3, -0.25) is 14.4 Å². The summed E-state index contributed by atoms with van der Waals surface area (Å²) < 4.78 is 5.09. The Morgan fingerprint density at radius 1 is 1.14 bits per heavy atom. The second-order valence-corrected chi connectivity index (χ2v) is 6.65. The van der Waals surface area contributed by atoms with Gasteiger partial charge in [0.1, 0.15) is 5.76 Å². The fraction of sp³-hybridized carbons (Fsp3) is 0.318. The van der Waals surface area contributed by atoms with Crippen molar-refractivity contribution in [3.05, 3.63) is 65.6 Å². The van der Waals surface area contributed by atoms with E-state index >= 15 is 0 Å². The summed E-state index contributed by atoms with van der Waals surface area (Å²) in [5, 5.41) is 8.35. The standard InChI is InChI=1S/C22H27N3O4/c1-3-16(2)25-22(28)18-7-4-6-17(14-18)15-24-21(27)11-12-23-20(26)10-9-19-8-5-13-29-19/h4-10,13-14,16H,3,11-12,15H2,1-2H3,(H,23,26)(H,24,27)(H,25,28)/b10-9+. The van der Waals surface area contributed by atoms with Crippen molar-refractivity contribution in [1.82, 2.24) is 16.0 Å². The minimum absolute atomic E-state index is 0.106. The first-order valence-corrected chi connectivity index (χ1v) is 9.64. The minimum Gasteiger partial charge on any atom is -0.465 e. The third-order valence-corrected chi connectivity index (χ3v) is 4.26. The lowest BCUT2D eigenvalue weighted by atomic mass is 10.1. The van der Waals surface area contributed by atoms with Crippen LogP contribution in [0.4, 0.5) is 0 Å². The molecule has 1 heterocycles. The average molecular weight is 397 g/mol. The van der Waals surface area contributed by atoms with Gasteiger partial charge in [-0.15, -0.1) is 0 Å². The Balaban J connectivity index is 1.71. The van der Waals surface area contributed by atoms with E-state index in [-0.39, 0.29) is 36.7 Å². The molecule has 2 rings (SSSR count). The number of benzene rings is 1. The number of carbonyl (C=O) groups excluding carboxylic acids is 3. The van der Waals surface area contributed by atoms with Crippen LogP contribution in [-0.4, -0.2) is 30.3 Å². The van der Waals surface area contributed by atoms with E-state index in [2.05, 4.69) is 16.0 Å². The third kappa shape index (κ3) is 8.04. The topological polar surface area (TPSA) is 100 Å². The van der Waals surface area contributed by atoms with Crippen molar-refractivity contribution in [2.45, 2.75) is 39.3 Å². The largest absolute Gasteiger partial charge is 0.465 e. The first kappa shape index (κ1) is 21.9. The number of hydrogen-bond acceptors (Lipinski definition) is 4. The molecule has 7 heteroatoms. The molecule has 0 spiro atoms. The lowest BCUT2D eigenvalue weighted by Crippen LogP contribution is -2.32. The van der Waals surface area contributed by atoms with Crippen LogP contribution < -0.4 is 16.0 Å². The maximum absolute atomic E-state index is 12.2. The molecular weight excluding hydrogens is 370 g/mol. The number of hydrogen-bond donors (Lipinski definition) is 3. The van der Waals surface area contributed by atoms with Gasteiger partial charge in [0.25, 0.3) is 5.91 Å². The summed E-state index contributed by atoms with van der Waals surface area (Å²) in [6.45, 7) is 4.50. The summed E-state index contributed by atoms with van der Waals surface area (Å²) in [4.78, 5) is 35.8. The number of carbonyl (C=O) groups is 3. The molecule has 0 saturated heterocycles. The summed E-state index contributed by atoms with van der Waals surface area (Å²) in [5.74, 6) is -0.0280. The van der Waals surface area contributed by atoms with Crippen LogP contribution in [0.15, 0.2) is 53.2 Å². The number of rotatable bonds is 10. The number of amides is 3. The second kappa shape index (κ2) is 11.5. The Kier molecular flexibility index (Phi) is 8.69. The van der Waals surface area contributed by atoms with E-state index in [1.165, 1.54) is 12.3 Å². The molecule has 1 unspecified atom stereocenters. The van der Waals surface area contributed by atoms with Crippen LogP contribution >= 0.6 is 0 Å². The molecule has 0 radical (unpaired) electrons. The quantitative estimate of drug-likeness (QED) is 0.537. The zero-order chi connectivity index (χ0) is 21.1. The highest BCUT2D eigenvalue weighted by molar-refractivity contribution is 5.94. The fourth-order valence-corrected chi connectivity index (χ4v) is 2.42.